The van der Waals surface area contributed by atoms with E-state index in [0.29, 0.717) is 30.4 Å². The quantitative estimate of drug-likeness (QED) is 0.733. The van der Waals surface area contributed by atoms with Crippen LogP contribution in [-0.2, 0) is 17.9 Å². The molecule has 0 fully saturated rings. The molecule has 0 saturated heterocycles. The molecule has 3 rings (SSSR count). The van der Waals surface area contributed by atoms with Crippen molar-refractivity contribution in [3.8, 4) is 0 Å². The van der Waals surface area contributed by atoms with Gasteiger partial charge < -0.3 is 5.32 Å². The van der Waals surface area contributed by atoms with Crippen LogP contribution >= 0.6 is 11.6 Å². The van der Waals surface area contributed by atoms with Gasteiger partial charge in [0.2, 0.25) is 5.91 Å². The van der Waals surface area contributed by atoms with Crippen molar-refractivity contribution in [2.75, 3.05) is 5.32 Å². The molecule has 1 aromatic carbocycles. The highest BCUT2D eigenvalue weighted by molar-refractivity contribution is 6.31. The summed E-state index contributed by atoms with van der Waals surface area (Å²) < 4.78 is 16.4. The summed E-state index contributed by atoms with van der Waals surface area (Å²) in [4.78, 5) is 12.0. The van der Waals surface area contributed by atoms with Gasteiger partial charge in [0.05, 0.1) is 12.7 Å². The Hall–Kier alpha value is -2.67. The Bertz CT molecular complexity index is 889. The van der Waals surface area contributed by atoms with Crippen LogP contribution in [0.25, 0.3) is 0 Å². The molecule has 0 spiro atoms. The SMILES string of the molecule is Cc1cnn(CCC(=O)Nc2ccn(Cc3ccc(F)cc3Cl)n2)c1. The van der Waals surface area contributed by atoms with Gasteiger partial charge in [-0.3, -0.25) is 14.2 Å². The number of carbonyl (C=O) groups is 1. The van der Waals surface area contributed by atoms with Crippen LogP contribution < -0.4 is 5.32 Å². The van der Waals surface area contributed by atoms with Gasteiger partial charge in [-0.25, -0.2) is 4.39 Å². The van der Waals surface area contributed by atoms with Gasteiger partial charge in [-0.15, -0.1) is 0 Å². The van der Waals surface area contributed by atoms with E-state index in [2.05, 4.69) is 15.5 Å². The first kappa shape index (κ1) is 17.2. The Morgan fingerprint density at radius 1 is 1.32 bits per heavy atom. The minimum Gasteiger partial charge on any atom is -0.309 e. The van der Waals surface area contributed by atoms with Crippen LogP contribution in [0.2, 0.25) is 5.02 Å². The summed E-state index contributed by atoms with van der Waals surface area (Å²) >= 11 is 6.01. The molecule has 2 aromatic heterocycles. The summed E-state index contributed by atoms with van der Waals surface area (Å²) in [5, 5.41) is 11.5. The third-order valence-electron chi connectivity index (χ3n) is 3.59. The lowest BCUT2D eigenvalue weighted by Gasteiger charge is -2.05. The number of halogens is 2. The van der Waals surface area contributed by atoms with Crippen LogP contribution in [0.1, 0.15) is 17.5 Å². The molecule has 130 valence electrons. The third kappa shape index (κ3) is 4.67. The highest BCUT2D eigenvalue weighted by Gasteiger charge is 2.08. The van der Waals surface area contributed by atoms with E-state index in [1.807, 2.05) is 13.1 Å². The van der Waals surface area contributed by atoms with Crippen molar-refractivity contribution in [1.82, 2.24) is 19.6 Å². The first-order chi connectivity index (χ1) is 12.0. The molecule has 1 N–H and O–H groups in total. The van der Waals surface area contributed by atoms with E-state index in [1.54, 1.807) is 33.9 Å². The lowest BCUT2D eigenvalue weighted by molar-refractivity contribution is -0.116. The summed E-state index contributed by atoms with van der Waals surface area (Å²) in [6.45, 7) is 2.84. The monoisotopic (exact) mass is 361 g/mol. The average Bonchev–Trinajstić information content (AvgIpc) is 3.17. The zero-order chi connectivity index (χ0) is 17.8. The Morgan fingerprint density at radius 3 is 2.88 bits per heavy atom. The van der Waals surface area contributed by atoms with Crippen LogP contribution in [0, 0.1) is 12.7 Å². The van der Waals surface area contributed by atoms with Gasteiger partial charge in [0.25, 0.3) is 0 Å². The molecule has 8 heteroatoms. The molecule has 2 heterocycles. The summed E-state index contributed by atoms with van der Waals surface area (Å²) in [7, 11) is 0. The minimum absolute atomic E-state index is 0.141. The largest absolute Gasteiger partial charge is 0.309 e. The van der Waals surface area contributed by atoms with Gasteiger partial charge in [-0.2, -0.15) is 10.2 Å². The number of rotatable bonds is 6. The fraction of sp³-hybridized carbons (Fsp3) is 0.235. The lowest BCUT2D eigenvalue weighted by atomic mass is 10.2. The number of anilines is 1. The van der Waals surface area contributed by atoms with Crippen molar-refractivity contribution in [1.29, 1.82) is 0 Å². The zero-order valence-corrected chi connectivity index (χ0v) is 14.4. The van der Waals surface area contributed by atoms with Crippen LogP contribution in [-0.4, -0.2) is 25.5 Å². The maximum Gasteiger partial charge on any atom is 0.227 e. The highest BCUT2D eigenvalue weighted by Crippen LogP contribution is 2.18. The van der Waals surface area contributed by atoms with Crippen LogP contribution in [0.3, 0.4) is 0 Å². The normalized spacial score (nSPS) is 10.8. The number of nitrogens with one attached hydrogen (secondary N) is 1. The van der Waals surface area contributed by atoms with Crippen molar-refractivity contribution in [3.05, 3.63) is 64.8 Å². The second-order valence-electron chi connectivity index (χ2n) is 5.71. The predicted octanol–water partition coefficient (Wildman–Crippen LogP) is 3.26. The van der Waals surface area contributed by atoms with E-state index >= 15 is 0 Å². The molecule has 0 atom stereocenters. The van der Waals surface area contributed by atoms with Gasteiger partial charge in [0.15, 0.2) is 5.82 Å². The van der Waals surface area contributed by atoms with Gasteiger partial charge in [-0.1, -0.05) is 17.7 Å². The minimum atomic E-state index is -0.380. The van der Waals surface area contributed by atoms with Crippen LogP contribution in [0.4, 0.5) is 10.2 Å². The molecular weight excluding hydrogens is 345 g/mol. The second kappa shape index (κ2) is 7.48. The zero-order valence-electron chi connectivity index (χ0n) is 13.6. The molecule has 25 heavy (non-hydrogen) atoms. The number of aromatic nitrogens is 4. The molecule has 0 aliphatic carbocycles. The van der Waals surface area contributed by atoms with Crippen LogP contribution in [0.5, 0.6) is 0 Å². The van der Waals surface area contributed by atoms with Crippen molar-refractivity contribution in [2.24, 2.45) is 0 Å². The number of hydrogen-bond donors (Lipinski definition) is 1. The Labute approximate surface area is 149 Å². The number of amides is 1. The molecule has 0 unspecified atom stereocenters. The average molecular weight is 362 g/mol. The Kier molecular flexibility index (Phi) is 5.14. The standard InChI is InChI=1S/C17H17ClFN5O/c1-12-9-20-23(10-12)7-5-17(25)21-16-4-6-24(22-16)11-13-2-3-14(19)8-15(13)18/h2-4,6,8-10H,5,7,11H2,1H3,(H,21,22,25). The summed E-state index contributed by atoms with van der Waals surface area (Å²) in [6.07, 6.45) is 5.67. The Balaban J connectivity index is 1.55. The molecule has 0 saturated carbocycles. The first-order valence-electron chi connectivity index (χ1n) is 7.76. The maximum atomic E-state index is 13.1. The Morgan fingerprint density at radius 2 is 2.16 bits per heavy atom. The van der Waals surface area contributed by atoms with Gasteiger partial charge >= 0.3 is 0 Å². The number of benzene rings is 1. The molecule has 3 aromatic rings. The van der Waals surface area contributed by atoms with E-state index < -0.39 is 0 Å². The predicted molar refractivity (Wildman–Crippen MR) is 92.9 cm³/mol. The van der Waals surface area contributed by atoms with Gasteiger partial charge in [0.1, 0.15) is 5.82 Å². The number of nitrogens with zero attached hydrogens (tertiary/aromatic N) is 4. The van der Waals surface area contributed by atoms with Crippen molar-refractivity contribution < 1.29 is 9.18 Å². The number of carbonyl (C=O) groups excluding carboxylic acids is 1. The smallest absolute Gasteiger partial charge is 0.227 e. The molecule has 0 radical (unpaired) electrons. The van der Waals surface area contributed by atoms with Gasteiger partial charge in [0, 0.05) is 36.4 Å². The maximum absolute atomic E-state index is 13.1. The molecule has 0 aliphatic rings. The fourth-order valence-corrected chi connectivity index (χ4v) is 2.58. The van der Waals surface area contributed by atoms with E-state index in [0.717, 1.165) is 11.1 Å². The molecule has 6 nitrogen and oxygen atoms in total. The molecule has 0 aliphatic heterocycles. The van der Waals surface area contributed by atoms with E-state index in [1.165, 1.54) is 12.1 Å². The van der Waals surface area contributed by atoms with Gasteiger partial charge in [-0.05, 0) is 30.2 Å². The number of aryl methyl sites for hydroxylation is 2. The van der Waals surface area contributed by atoms with E-state index in [4.69, 9.17) is 11.6 Å². The second-order valence-corrected chi connectivity index (χ2v) is 6.12. The van der Waals surface area contributed by atoms with Crippen LogP contribution in [0.15, 0.2) is 42.9 Å². The van der Waals surface area contributed by atoms with Crippen molar-refractivity contribution in [2.45, 2.75) is 26.4 Å². The fourth-order valence-electron chi connectivity index (χ4n) is 2.35. The summed E-state index contributed by atoms with van der Waals surface area (Å²) in [5.74, 6) is -0.0624. The summed E-state index contributed by atoms with van der Waals surface area (Å²) in [6, 6.07) is 5.93. The highest BCUT2D eigenvalue weighted by atomic mass is 35.5. The van der Waals surface area contributed by atoms with E-state index in [-0.39, 0.29) is 11.7 Å². The number of hydrogen-bond acceptors (Lipinski definition) is 3. The lowest BCUT2D eigenvalue weighted by Crippen LogP contribution is -2.15. The van der Waals surface area contributed by atoms with Crippen molar-refractivity contribution >= 4 is 23.3 Å². The first-order valence-corrected chi connectivity index (χ1v) is 8.14. The third-order valence-corrected chi connectivity index (χ3v) is 3.94. The molecule has 1 amide bonds. The summed E-state index contributed by atoms with van der Waals surface area (Å²) in [5.41, 5.74) is 1.80. The van der Waals surface area contributed by atoms with Crippen molar-refractivity contribution in [3.63, 3.8) is 0 Å². The topological polar surface area (TPSA) is 64.7 Å². The molecule has 0 bridgehead atoms. The molecular formula is C17H17ClFN5O. The van der Waals surface area contributed by atoms with E-state index in [9.17, 15) is 9.18 Å².